The summed E-state index contributed by atoms with van der Waals surface area (Å²) in [5.41, 5.74) is 1.72. The van der Waals surface area contributed by atoms with Gasteiger partial charge in [-0.3, -0.25) is 19.2 Å². The first-order valence-corrected chi connectivity index (χ1v) is 11.6. The molecule has 3 rings (SSSR count). The second kappa shape index (κ2) is 12.0. The standard InChI is InChI=1S/C26H31N3O6/c1-4-5-14-29-22(30)15-21(24(29)17-8-12-20(34-2)13-9-17)26(33)28-19-10-6-18(7-11-19)25(32)27-16-23(31)35-3/h6-13,21,24H,4-5,14-16H2,1-3H3,(H,27,32)(H,28,33). The average Bonchev–Trinajstić information content (AvgIpc) is 3.22. The molecule has 0 aliphatic carbocycles. The number of rotatable bonds is 10. The van der Waals surface area contributed by atoms with Gasteiger partial charge in [0.25, 0.3) is 5.91 Å². The number of nitrogens with one attached hydrogen (secondary N) is 2. The van der Waals surface area contributed by atoms with Gasteiger partial charge in [-0.05, 0) is 48.4 Å². The van der Waals surface area contributed by atoms with Crippen LogP contribution in [-0.4, -0.2) is 55.9 Å². The number of carbonyl (C=O) groups is 4. The molecule has 2 unspecified atom stereocenters. The number of carbonyl (C=O) groups excluding carboxylic acids is 4. The van der Waals surface area contributed by atoms with Gasteiger partial charge < -0.3 is 25.0 Å². The Morgan fingerprint density at radius 3 is 2.31 bits per heavy atom. The lowest BCUT2D eigenvalue weighted by molar-refractivity contribution is -0.139. The second-order valence-electron chi connectivity index (χ2n) is 8.29. The number of nitrogens with zero attached hydrogens (tertiary/aromatic N) is 1. The Balaban J connectivity index is 1.74. The van der Waals surface area contributed by atoms with Crippen molar-refractivity contribution in [3.05, 3.63) is 59.7 Å². The molecule has 1 saturated heterocycles. The number of unbranched alkanes of at least 4 members (excludes halogenated alkanes) is 1. The summed E-state index contributed by atoms with van der Waals surface area (Å²) in [6.07, 6.45) is 1.92. The van der Waals surface area contributed by atoms with Crippen LogP contribution in [0.3, 0.4) is 0 Å². The Bertz CT molecular complexity index is 1050. The van der Waals surface area contributed by atoms with Crippen molar-refractivity contribution in [3.8, 4) is 5.75 Å². The maximum Gasteiger partial charge on any atom is 0.325 e. The molecule has 2 aromatic carbocycles. The van der Waals surface area contributed by atoms with Crippen LogP contribution in [0.15, 0.2) is 48.5 Å². The summed E-state index contributed by atoms with van der Waals surface area (Å²) in [7, 11) is 2.83. The van der Waals surface area contributed by atoms with E-state index in [0.717, 1.165) is 18.4 Å². The number of anilines is 1. The lowest BCUT2D eigenvalue weighted by Gasteiger charge is -2.28. The zero-order valence-electron chi connectivity index (χ0n) is 20.2. The molecule has 3 amide bonds. The third-order valence-corrected chi connectivity index (χ3v) is 6.01. The van der Waals surface area contributed by atoms with Crippen molar-refractivity contribution in [2.45, 2.75) is 32.2 Å². The summed E-state index contributed by atoms with van der Waals surface area (Å²) in [5.74, 6) is -1.14. The van der Waals surface area contributed by atoms with E-state index in [1.165, 1.54) is 7.11 Å². The number of esters is 1. The lowest BCUT2D eigenvalue weighted by atomic mass is 9.92. The summed E-state index contributed by atoms with van der Waals surface area (Å²) in [5, 5.41) is 5.34. The zero-order valence-corrected chi connectivity index (χ0v) is 20.2. The smallest absolute Gasteiger partial charge is 0.325 e. The van der Waals surface area contributed by atoms with E-state index in [-0.39, 0.29) is 30.8 Å². The predicted octanol–water partition coefficient (Wildman–Crippen LogP) is 2.93. The molecule has 2 aromatic rings. The monoisotopic (exact) mass is 481 g/mol. The average molecular weight is 482 g/mol. The zero-order chi connectivity index (χ0) is 25.4. The van der Waals surface area contributed by atoms with Gasteiger partial charge in [-0.25, -0.2) is 0 Å². The van der Waals surface area contributed by atoms with E-state index in [1.807, 2.05) is 24.3 Å². The summed E-state index contributed by atoms with van der Waals surface area (Å²) >= 11 is 0. The molecule has 2 N–H and O–H groups in total. The van der Waals surface area contributed by atoms with E-state index in [4.69, 9.17) is 4.74 Å². The number of benzene rings is 2. The third kappa shape index (κ3) is 6.38. The van der Waals surface area contributed by atoms with Crippen LogP contribution in [-0.2, 0) is 19.1 Å². The number of hydrogen-bond acceptors (Lipinski definition) is 6. The molecule has 0 radical (unpaired) electrons. The first-order valence-electron chi connectivity index (χ1n) is 11.6. The highest BCUT2D eigenvalue weighted by molar-refractivity contribution is 5.99. The van der Waals surface area contributed by atoms with Crippen LogP contribution in [0.2, 0.25) is 0 Å². The van der Waals surface area contributed by atoms with E-state index in [1.54, 1.807) is 36.3 Å². The van der Waals surface area contributed by atoms with Crippen molar-refractivity contribution < 1.29 is 28.7 Å². The molecule has 186 valence electrons. The van der Waals surface area contributed by atoms with Gasteiger partial charge in [-0.1, -0.05) is 25.5 Å². The molecular weight excluding hydrogens is 450 g/mol. The van der Waals surface area contributed by atoms with Crippen molar-refractivity contribution >= 4 is 29.4 Å². The maximum atomic E-state index is 13.3. The van der Waals surface area contributed by atoms with Crippen molar-refractivity contribution in [2.24, 2.45) is 5.92 Å². The van der Waals surface area contributed by atoms with Gasteiger partial charge >= 0.3 is 5.97 Å². The molecule has 9 nitrogen and oxygen atoms in total. The second-order valence-corrected chi connectivity index (χ2v) is 8.29. The molecule has 0 saturated carbocycles. The molecule has 1 fully saturated rings. The van der Waals surface area contributed by atoms with Crippen LogP contribution >= 0.6 is 0 Å². The quantitative estimate of drug-likeness (QED) is 0.505. The lowest BCUT2D eigenvalue weighted by Crippen LogP contribution is -2.33. The van der Waals surface area contributed by atoms with Crippen LogP contribution in [0.4, 0.5) is 5.69 Å². The number of ether oxygens (including phenoxy) is 2. The first kappa shape index (κ1) is 25.7. The molecule has 0 spiro atoms. The summed E-state index contributed by atoms with van der Waals surface area (Å²) in [6, 6.07) is 13.4. The Morgan fingerprint density at radius 2 is 1.71 bits per heavy atom. The first-order chi connectivity index (χ1) is 16.9. The molecule has 0 aromatic heterocycles. The fourth-order valence-electron chi connectivity index (χ4n) is 4.10. The Hall–Kier alpha value is -3.88. The molecule has 2 atom stereocenters. The van der Waals surface area contributed by atoms with Crippen LogP contribution in [0, 0.1) is 5.92 Å². The van der Waals surface area contributed by atoms with Crippen LogP contribution in [0.25, 0.3) is 0 Å². The van der Waals surface area contributed by atoms with Crippen LogP contribution in [0.1, 0.15) is 48.1 Å². The number of likely N-dealkylation sites (tertiary alicyclic amines) is 1. The molecule has 0 bridgehead atoms. The van der Waals surface area contributed by atoms with E-state index in [2.05, 4.69) is 22.3 Å². The van der Waals surface area contributed by atoms with Gasteiger partial charge in [0, 0.05) is 24.2 Å². The summed E-state index contributed by atoms with van der Waals surface area (Å²) in [4.78, 5) is 51.3. The maximum absolute atomic E-state index is 13.3. The molecular formula is C26H31N3O6. The van der Waals surface area contributed by atoms with Crippen molar-refractivity contribution in [1.82, 2.24) is 10.2 Å². The molecule has 1 aliphatic heterocycles. The van der Waals surface area contributed by atoms with Crippen LogP contribution < -0.4 is 15.4 Å². The van der Waals surface area contributed by atoms with Gasteiger partial charge in [-0.15, -0.1) is 0 Å². The fourth-order valence-corrected chi connectivity index (χ4v) is 4.10. The SMILES string of the molecule is CCCCN1C(=O)CC(C(=O)Nc2ccc(C(=O)NCC(=O)OC)cc2)C1c1ccc(OC)cc1. The van der Waals surface area contributed by atoms with E-state index < -0.39 is 17.8 Å². The highest BCUT2D eigenvalue weighted by Gasteiger charge is 2.44. The number of hydrogen-bond donors (Lipinski definition) is 2. The highest BCUT2D eigenvalue weighted by atomic mass is 16.5. The van der Waals surface area contributed by atoms with E-state index in [0.29, 0.717) is 23.5 Å². The summed E-state index contributed by atoms with van der Waals surface area (Å²) < 4.78 is 9.75. The normalized spacial score (nSPS) is 17.1. The van der Waals surface area contributed by atoms with Crippen molar-refractivity contribution in [2.75, 3.05) is 32.6 Å². The minimum atomic E-state index is -0.559. The number of amides is 3. The number of methoxy groups -OCH3 is 2. The summed E-state index contributed by atoms with van der Waals surface area (Å²) in [6.45, 7) is 2.42. The molecule has 1 aliphatic rings. The van der Waals surface area contributed by atoms with E-state index in [9.17, 15) is 19.2 Å². The highest BCUT2D eigenvalue weighted by Crippen LogP contribution is 2.39. The molecule has 35 heavy (non-hydrogen) atoms. The van der Waals surface area contributed by atoms with Crippen molar-refractivity contribution in [1.29, 1.82) is 0 Å². The Kier molecular flexibility index (Phi) is 8.83. The molecule has 9 heteroatoms. The predicted molar refractivity (Wildman–Crippen MR) is 130 cm³/mol. The van der Waals surface area contributed by atoms with Crippen LogP contribution in [0.5, 0.6) is 5.75 Å². The van der Waals surface area contributed by atoms with Gasteiger partial charge in [0.2, 0.25) is 11.8 Å². The fraction of sp³-hybridized carbons (Fsp3) is 0.385. The van der Waals surface area contributed by atoms with Gasteiger partial charge in [0.1, 0.15) is 12.3 Å². The van der Waals surface area contributed by atoms with Gasteiger partial charge in [-0.2, -0.15) is 0 Å². The Morgan fingerprint density at radius 1 is 1.03 bits per heavy atom. The van der Waals surface area contributed by atoms with Gasteiger partial charge in [0.15, 0.2) is 0 Å². The minimum Gasteiger partial charge on any atom is -0.497 e. The van der Waals surface area contributed by atoms with Crippen molar-refractivity contribution in [3.63, 3.8) is 0 Å². The third-order valence-electron chi connectivity index (χ3n) is 6.01. The van der Waals surface area contributed by atoms with Gasteiger partial charge in [0.05, 0.1) is 26.2 Å². The topological polar surface area (TPSA) is 114 Å². The van der Waals surface area contributed by atoms with E-state index >= 15 is 0 Å². The minimum absolute atomic E-state index is 0.0444. The Labute approximate surface area is 204 Å². The largest absolute Gasteiger partial charge is 0.497 e. The molecule has 1 heterocycles.